The van der Waals surface area contributed by atoms with E-state index >= 15 is 0 Å². The number of anilines is 1. The zero-order valence-electron chi connectivity index (χ0n) is 16.1. The number of amides is 1. The van der Waals surface area contributed by atoms with Crippen molar-refractivity contribution in [1.82, 2.24) is 4.72 Å². The molecule has 5 nitrogen and oxygen atoms in total. The van der Waals surface area contributed by atoms with Gasteiger partial charge in [0.05, 0.1) is 4.90 Å². The van der Waals surface area contributed by atoms with Crippen LogP contribution in [0.5, 0.6) is 0 Å². The molecule has 1 amide bonds. The van der Waals surface area contributed by atoms with Crippen LogP contribution in [0.4, 0.5) is 5.69 Å². The zero-order valence-corrected chi connectivity index (χ0v) is 18.5. The third-order valence-electron chi connectivity index (χ3n) is 5.62. The van der Waals surface area contributed by atoms with Gasteiger partial charge in [0.15, 0.2) is 0 Å². The van der Waals surface area contributed by atoms with Gasteiger partial charge >= 0.3 is 0 Å². The molecule has 1 aromatic carbocycles. The first-order valence-electron chi connectivity index (χ1n) is 10.0. The van der Waals surface area contributed by atoms with E-state index in [9.17, 15) is 13.2 Å². The third-order valence-corrected chi connectivity index (χ3v) is 8.00. The Kier molecular flexibility index (Phi) is 6.64. The molecule has 0 spiro atoms. The van der Waals surface area contributed by atoms with Gasteiger partial charge in [0.1, 0.15) is 0 Å². The smallest absolute Gasteiger partial charge is 0.241 e. The summed E-state index contributed by atoms with van der Waals surface area (Å²) in [6.45, 7) is 5.34. The Balaban J connectivity index is 1.79. The minimum absolute atomic E-state index is 0.127. The van der Waals surface area contributed by atoms with Gasteiger partial charge in [0, 0.05) is 29.2 Å². The fourth-order valence-corrected chi connectivity index (χ4v) is 5.85. The first-order valence-corrected chi connectivity index (χ1v) is 12.3. The van der Waals surface area contributed by atoms with E-state index in [1.165, 1.54) is 0 Å². The van der Waals surface area contributed by atoms with Crippen LogP contribution in [0.1, 0.15) is 57.9 Å². The summed E-state index contributed by atoms with van der Waals surface area (Å²) in [5.74, 6) is 0.612. The molecule has 1 heterocycles. The van der Waals surface area contributed by atoms with Gasteiger partial charge in [-0.05, 0) is 65.2 Å². The molecule has 150 valence electrons. The van der Waals surface area contributed by atoms with Crippen LogP contribution in [0.3, 0.4) is 0 Å². The number of rotatable bonds is 9. The normalized spacial score (nSPS) is 17.8. The molecule has 27 heavy (non-hydrogen) atoms. The van der Waals surface area contributed by atoms with E-state index in [1.807, 2.05) is 6.07 Å². The Morgan fingerprint density at radius 1 is 1.33 bits per heavy atom. The Labute approximate surface area is 171 Å². The molecule has 0 radical (unpaired) electrons. The Bertz CT molecular complexity index is 806. The second-order valence-corrected chi connectivity index (χ2v) is 10.3. The van der Waals surface area contributed by atoms with Crippen molar-refractivity contribution in [3.8, 4) is 0 Å². The second-order valence-electron chi connectivity index (χ2n) is 7.69. The highest BCUT2D eigenvalue weighted by Gasteiger charge is 2.37. The van der Waals surface area contributed by atoms with E-state index in [0.29, 0.717) is 23.5 Å². The number of nitrogens with zero attached hydrogens (tertiary/aromatic N) is 1. The summed E-state index contributed by atoms with van der Waals surface area (Å²) in [5.41, 5.74) is 1.79. The summed E-state index contributed by atoms with van der Waals surface area (Å²) in [6.07, 6.45) is 6.89. The average molecular weight is 457 g/mol. The summed E-state index contributed by atoms with van der Waals surface area (Å²) >= 11 is 3.43. The van der Waals surface area contributed by atoms with Crippen molar-refractivity contribution in [2.45, 2.75) is 63.7 Å². The first-order chi connectivity index (χ1) is 12.9. The summed E-state index contributed by atoms with van der Waals surface area (Å²) in [6, 6.07) is 3.53. The molecule has 0 unspecified atom stereocenters. The van der Waals surface area contributed by atoms with Crippen LogP contribution < -0.4 is 9.62 Å². The molecule has 1 N–H and O–H groups in total. The molecule has 1 fully saturated rings. The van der Waals surface area contributed by atoms with Crippen molar-refractivity contribution in [1.29, 1.82) is 0 Å². The van der Waals surface area contributed by atoms with Crippen molar-refractivity contribution in [2.24, 2.45) is 11.8 Å². The number of hydrogen-bond donors (Lipinski definition) is 1. The molecule has 7 heteroatoms. The van der Waals surface area contributed by atoms with Crippen LogP contribution >= 0.6 is 15.9 Å². The van der Waals surface area contributed by atoms with E-state index < -0.39 is 10.0 Å². The topological polar surface area (TPSA) is 66.5 Å². The molecular formula is C20H29BrN2O3S. The highest BCUT2D eigenvalue weighted by Crippen LogP contribution is 2.39. The standard InChI is InChI=1S/C20H29BrN2O3S/c1-3-5-6-14(4-2)13-22-27(25,26)19-12-18-16(11-17(19)21)9-10-23(18)20(24)15-7-8-15/h11-12,14-15,22H,3-10,13H2,1-2H3/t14-/m1/s1. The minimum Gasteiger partial charge on any atom is -0.312 e. The van der Waals surface area contributed by atoms with Gasteiger partial charge in [-0.3, -0.25) is 4.79 Å². The van der Waals surface area contributed by atoms with Crippen LogP contribution in [0, 0.1) is 11.8 Å². The Hall–Kier alpha value is -0.920. The summed E-state index contributed by atoms with van der Waals surface area (Å²) in [5, 5.41) is 0. The number of sulfonamides is 1. The van der Waals surface area contributed by atoms with E-state index in [0.717, 1.165) is 56.2 Å². The SMILES string of the molecule is CCCC[C@@H](CC)CNS(=O)(=O)c1cc2c(cc1Br)CCN2C(=O)C1CC1. The Morgan fingerprint density at radius 3 is 2.70 bits per heavy atom. The fraction of sp³-hybridized carbons (Fsp3) is 0.650. The van der Waals surface area contributed by atoms with Crippen LogP contribution in [0.2, 0.25) is 0 Å². The highest BCUT2D eigenvalue weighted by molar-refractivity contribution is 9.10. The molecule has 1 aromatic rings. The van der Waals surface area contributed by atoms with Crippen molar-refractivity contribution < 1.29 is 13.2 Å². The summed E-state index contributed by atoms with van der Waals surface area (Å²) in [7, 11) is -3.63. The molecule has 1 saturated carbocycles. The van der Waals surface area contributed by atoms with E-state index in [2.05, 4.69) is 34.5 Å². The molecule has 1 aliphatic heterocycles. The van der Waals surface area contributed by atoms with Gasteiger partial charge < -0.3 is 4.90 Å². The highest BCUT2D eigenvalue weighted by atomic mass is 79.9. The van der Waals surface area contributed by atoms with Crippen LogP contribution in [0.15, 0.2) is 21.5 Å². The molecule has 2 aliphatic rings. The summed E-state index contributed by atoms with van der Waals surface area (Å²) in [4.78, 5) is 14.5. The third kappa shape index (κ3) is 4.74. The predicted octanol–water partition coefficient (Wildman–Crippen LogP) is 4.24. The lowest BCUT2D eigenvalue weighted by Crippen LogP contribution is -2.31. The van der Waals surface area contributed by atoms with E-state index in [4.69, 9.17) is 0 Å². The molecule has 0 saturated heterocycles. The number of carbonyl (C=O) groups excluding carboxylic acids is 1. The number of carbonyl (C=O) groups is 1. The maximum absolute atomic E-state index is 12.9. The van der Waals surface area contributed by atoms with Crippen LogP contribution in [-0.2, 0) is 21.2 Å². The quantitative estimate of drug-likeness (QED) is 0.603. The lowest BCUT2D eigenvalue weighted by atomic mass is 10.00. The van der Waals surface area contributed by atoms with Crippen molar-refractivity contribution in [2.75, 3.05) is 18.0 Å². The molecule has 1 atom stereocenters. The molecule has 1 aliphatic carbocycles. The van der Waals surface area contributed by atoms with Gasteiger partial charge in [0.25, 0.3) is 0 Å². The minimum atomic E-state index is -3.63. The molecule has 0 bridgehead atoms. The predicted molar refractivity (Wildman–Crippen MR) is 111 cm³/mol. The van der Waals surface area contributed by atoms with Crippen molar-refractivity contribution in [3.63, 3.8) is 0 Å². The lowest BCUT2D eigenvalue weighted by molar-refractivity contribution is -0.119. The van der Waals surface area contributed by atoms with Crippen molar-refractivity contribution in [3.05, 3.63) is 22.2 Å². The van der Waals surface area contributed by atoms with Gasteiger partial charge in [-0.15, -0.1) is 0 Å². The number of nitrogens with one attached hydrogen (secondary N) is 1. The maximum Gasteiger partial charge on any atom is 0.241 e. The van der Waals surface area contributed by atoms with Gasteiger partial charge in [0.2, 0.25) is 15.9 Å². The molecular weight excluding hydrogens is 428 g/mol. The number of hydrogen-bond acceptors (Lipinski definition) is 3. The van der Waals surface area contributed by atoms with E-state index in [1.54, 1.807) is 11.0 Å². The number of unbranched alkanes of at least 4 members (excludes halogenated alkanes) is 1. The number of fused-ring (bicyclic) bond motifs is 1. The van der Waals surface area contributed by atoms with Crippen LogP contribution in [-0.4, -0.2) is 27.4 Å². The largest absolute Gasteiger partial charge is 0.312 e. The van der Waals surface area contributed by atoms with Gasteiger partial charge in [-0.25, -0.2) is 13.1 Å². The van der Waals surface area contributed by atoms with Crippen LogP contribution in [0.25, 0.3) is 0 Å². The lowest BCUT2D eigenvalue weighted by Gasteiger charge is -2.19. The van der Waals surface area contributed by atoms with Gasteiger partial charge in [-0.2, -0.15) is 0 Å². The van der Waals surface area contributed by atoms with Crippen molar-refractivity contribution >= 4 is 37.5 Å². The molecule has 0 aromatic heterocycles. The number of halogens is 1. The average Bonchev–Trinajstić information content (AvgIpc) is 3.41. The number of benzene rings is 1. The van der Waals surface area contributed by atoms with Gasteiger partial charge in [-0.1, -0.05) is 33.1 Å². The Morgan fingerprint density at radius 2 is 2.07 bits per heavy atom. The molecule has 3 rings (SSSR count). The second kappa shape index (κ2) is 8.62. The zero-order chi connectivity index (χ0) is 19.6. The summed E-state index contributed by atoms with van der Waals surface area (Å²) < 4.78 is 29.2. The monoisotopic (exact) mass is 456 g/mol. The maximum atomic E-state index is 12.9. The van der Waals surface area contributed by atoms with E-state index in [-0.39, 0.29) is 16.7 Å². The first kappa shape index (κ1) is 20.8. The fourth-order valence-electron chi connectivity index (χ4n) is 3.62.